The third-order valence-corrected chi connectivity index (χ3v) is 2.55. The minimum absolute atomic E-state index is 0.594. The van der Waals surface area contributed by atoms with E-state index < -0.39 is 0 Å². The second-order valence-corrected chi connectivity index (χ2v) is 3.15. The largest absolute Gasteiger partial charge is 0.355 e. The van der Waals surface area contributed by atoms with Crippen molar-refractivity contribution >= 4 is 17.4 Å². The van der Waals surface area contributed by atoms with Gasteiger partial charge in [0.15, 0.2) is 0 Å². The molecule has 0 N–H and O–H groups in total. The molecule has 0 aromatic heterocycles. The van der Waals surface area contributed by atoms with Crippen molar-refractivity contribution in [3.8, 4) is 0 Å². The normalized spacial score (nSPS) is 30.7. The van der Waals surface area contributed by atoms with Crippen molar-refractivity contribution in [1.82, 2.24) is 4.90 Å². The standard InChI is InChI=1S/C7H11ClN2/c8-4-7-9-5-6-2-1-3-10(6)7/h6H,1-5H2. The zero-order valence-corrected chi connectivity index (χ0v) is 6.64. The highest BCUT2D eigenvalue weighted by Crippen LogP contribution is 2.22. The molecule has 0 spiro atoms. The van der Waals surface area contributed by atoms with Crippen molar-refractivity contribution in [2.24, 2.45) is 4.99 Å². The van der Waals surface area contributed by atoms with Gasteiger partial charge in [-0.3, -0.25) is 4.99 Å². The number of hydrogen-bond acceptors (Lipinski definition) is 2. The molecule has 0 bridgehead atoms. The van der Waals surface area contributed by atoms with Gasteiger partial charge in [0.25, 0.3) is 0 Å². The van der Waals surface area contributed by atoms with Gasteiger partial charge in [0.1, 0.15) is 5.84 Å². The Morgan fingerprint density at radius 3 is 3.40 bits per heavy atom. The number of nitrogens with zero attached hydrogens (tertiary/aromatic N) is 2. The predicted octanol–water partition coefficient (Wildman–Crippen LogP) is 1.10. The molecule has 1 atom stereocenters. The summed E-state index contributed by atoms with van der Waals surface area (Å²) < 4.78 is 0. The summed E-state index contributed by atoms with van der Waals surface area (Å²) in [5.41, 5.74) is 0. The summed E-state index contributed by atoms with van der Waals surface area (Å²) in [6.07, 6.45) is 2.63. The Morgan fingerprint density at radius 2 is 2.60 bits per heavy atom. The molecule has 2 aliphatic rings. The van der Waals surface area contributed by atoms with E-state index in [2.05, 4.69) is 9.89 Å². The smallest absolute Gasteiger partial charge is 0.114 e. The summed E-state index contributed by atoms with van der Waals surface area (Å²) in [6, 6.07) is 0.703. The Labute approximate surface area is 65.9 Å². The average Bonchev–Trinajstić information content (AvgIpc) is 2.44. The lowest BCUT2D eigenvalue weighted by molar-refractivity contribution is 0.429. The quantitative estimate of drug-likeness (QED) is 0.522. The Hall–Kier alpha value is -0.240. The van der Waals surface area contributed by atoms with Crippen LogP contribution in [0.15, 0.2) is 4.99 Å². The first-order chi connectivity index (χ1) is 4.92. The fourth-order valence-corrected chi connectivity index (χ4v) is 2.02. The molecule has 2 nitrogen and oxygen atoms in total. The number of alkyl halides is 1. The number of aliphatic imine (C=N–C) groups is 1. The van der Waals surface area contributed by atoms with Crippen molar-refractivity contribution in [2.45, 2.75) is 18.9 Å². The van der Waals surface area contributed by atoms with Gasteiger partial charge in [0, 0.05) is 12.6 Å². The molecule has 0 radical (unpaired) electrons. The van der Waals surface area contributed by atoms with Gasteiger partial charge in [-0.15, -0.1) is 11.6 Å². The maximum atomic E-state index is 5.70. The molecule has 56 valence electrons. The highest BCUT2D eigenvalue weighted by Gasteiger charge is 2.30. The van der Waals surface area contributed by atoms with E-state index in [1.54, 1.807) is 0 Å². The molecule has 0 saturated carbocycles. The van der Waals surface area contributed by atoms with E-state index in [-0.39, 0.29) is 0 Å². The third kappa shape index (κ3) is 0.823. The first-order valence-electron chi connectivity index (χ1n) is 3.78. The summed E-state index contributed by atoms with van der Waals surface area (Å²) in [6.45, 7) is 2.16. The fourth-order valence-electron chi connectivity index (χ4n) is 1.79. The molecule has 2 rings (SSSR count). The van der Waals surface area contributed by atoms with Crippen LogP contribution in [0.25, 0.3) is 0 Å². The van der Waals surface area contributed by atoms with Crippen molar-refractivity contribution in [2.75, 3.05) is 19.0 Å². The van der Waals surface area contributed by atoms with E-state index in [1.165, 1.54) is 19.4 Å². The molecular weight excluding hydrogens is 148 g/mol. The Bertz CT molecular complexity index is 167. The zero-order valence-electron chi connectivity index (χ0n) is 5.89. The highest BCUT2D eigenvalue weighted by atomic mass is 35.5. The molecule has 1 saturated heterocycles. The van der Waals surface area contributed by atoms with Crippen LogP contribution in [0, 0.1) is 0 Å². The number of amidine groups is 1. The van der Waals surface area contributed by atoms with Crippen LogP contribution in [0.1, 0.15) is 12.8 Å². The molecular formula is C7H11ClN2. The minimum atomic E-state index is 0.594. The molecule has 3 heteroatoms. The lowest BCUT2D eigenvalue weighted by atomic mass is 10.2. The topological polar surface area (TPSA) is 15.6 Å². The van der Waals surface area contributed by atoms with Crippen LogP contribution in [-0.2, 0) is 0 Å². The average molecular weight is 159 g/mol. The van der Waals surface area contributed by atoms with Crippen LogP contribution in [0.2, 0.25) is 0 Å². The van der Waals surface area contributed by atoms with Crippen molar-refractivity contribution < 1.29 is 0 Å². The maximum Gasteiger partial charge on any atom is 0.114 e. The molecule has 1 fully saturated rings. The second-order valence-electron chi connectivity index (χ2n) is 2.88. The monoisotopic (exact) mass is 158 g/mol. The van der Waals surface area contributed by atoms with Crippen LogP contribution in [0.4, 0.5) is 0 Å². The lowest BCUT2D eigenvalue weighted by Crippen LogP contribution is -2.31. The van der Waals surface area contributed by atoms with E-state index in [1.807, 2.05) is 0 Å². The van der Waals surface area contributed by atoms with Gasteiger partial charge in [-0.1, -0.05) is 0 Å². The third-order valence-electron chi connectivity index (χ3n) is 2.31. The Balaban J connectivity index is 2.10. The van der Waals surface area contributed by atoms with Crippen LogP contribution >= 0.6 is 11.6 Å². The molecule has 2 aliphatic heterocycles. The van der Waals surface area contributed by atoms with E-state index >= 15 is 0 Å². The summed E-state index contributed by atoms with van der Waals surface area (Å²) in [5, 5.41) is 0. The number of halogens is 1. The summed E-state index contributed by atoms with van der Waals surface area (Å²) in [5.74, 6) is 1.71. The number of hydrogen-bond donors (Lipinski definition) is 0. The van der Waals surface area contributed by atoms with E-state index in [0.29, 0.717) is 11.9 Å². The van der Waals surface area contributed by atoms with E-state index in [4.69, 9.17) is 11.6 Å². The molecule has 0 aromatic rings. The highest BCUT2D eigenvalue weighted by molar-refractivity contribution is 6.28. The van der Waals surface area contributed by atoms with Gasteiger partial charge in [-0.25, -0.2) is 0 Å². The fraction of sp³-hybridized carbons (Fsp3) is 0.857. The first-order valence-corrected chi connectivity index (χ1v) is 4.31. The summed E-state index contributed by atoms with van der Waals surface area (Å²) in [7, 11) is 0. The summed E-state index contributed by atoms with van der Waals surface area (Å²) >= 11 is 5.70. The first kappa shape index (κ1) is 6.47. The van der Waals surface area contributed by atoms with Crippen molar-refractivity contribution in [3.63, 3.8) is 0 Å². The SMILES string of the molecule is ClCC1=NCC2CCCN12. The van der Waals surface area contributed by atoms with Gasteiger partial charge < -0.3 is 4.90 Å². The van der Waals surface area contributed by atoms with Crippen molar-refractivity contribution in [1.29, 1.82) is 0 Å². The van der Waals surface area contributed by atoms with Gasteiger partial charge in [0.2, 0.25) is 0 Å². The maximum absolute atomic E-state index is 5.70. The molecule has 1 unspecified atom stereocenters. The molecule has 2 heterocycles. The predicted molar refractivity (Wildman–Crippen MR) is 42.8 cm³/mol. The van der Waals surface area contributed by atoms with Gasteiger partial charge >= 0.3 is 0 Å². The van der Waals surface area contributed by atoms with Crippen LogP contribution in [0.3, 0.4) is 0 Å². The van der Waals surface area contributed by atoms with Crippen LogP contribution in [-0.4, -0.2) is 35.7 Å². The minimum Gasteiger partial charge on any atom is -0.355 e. The van der Waals surface area contributed by atoms with Crippen LogP contribution < -0.4 is 0 Å². The Kier molecular flexibility index (Phi) is 1.57. The summed E-state index contributed by atoms with van der Waals surface area (Å²) in [4.78, 5) is 6.70. The van der Waals surface area contributed by atoms with E-state index in [0.717, 1.165) is 12.4 Å². The zero-order chi connectivity index (χ0) is 6.97. The lowest BCUT2D eigenvalue weighted by Gasteiger charge is -2.17. The number of fused-ring (bicyclic) bond motifs is 1. The van der Waals surface area contributed by atoms with Gasteiger partial charge in [-0.05, 0) is 12.8 Å². The molecule has 0 amide bonds. The Morgan fingerprint density at radius 1 is 1.70 bits per heavy atom. The second kappa shape index (κ2) is 2.42. The van der Waals surface area contributed by atoms with E-state index in [9.17, 15) is 0 Å². The van der Waals surface area contributed by atoms with Crippen LogP contribution in [0.5, 0.6) is 0 Å². The molecule has 0 aliphatic carbocycles. The van der Waals surface area contributed by atoms with Gasteiger partial charge in [-0.2, -0.15) is 0 Å². The van der Waals surface area contributed by atoms with Gasteiger partial charge in [0.05, 0.1) is 12.4 Å². The molecule has 10 heavy (non-hydrogen) atoms. The van der Waals surface area contributed by atoms with Crippen molar-refractivity contribution in [3.05, 3.63) is 0 Å². The molecule has 0 aromatic carbocycles. The number of rotatable bonds is 1.